The Kier molecular flexibility index (Phi) is 9.09. The lowest BCUT2D eigenvalue weighted by atomic mass is 9.79. The van der Waals surface area contributed by atoms with Gasteiger partial charge < -0.3 is 29.3 Å². The fourth-order valence-electron chi connectivity index (χ4n) is 6.28. The van der Waals surface area contributed by atoms with Crippen molar-refractivity contribution in [2.24, 2.45) is 5.92 Å². The fraction of sp³-hybridized carbons (Fsp3) is 0.412. The Labute approximate surface area is 255 Å². The van der Waals surface area contributed by atoms with E-state index in [1.807, 2.05) is 35.2 Å². The monoisotopic (exact) mass is 605 g/mol. The Bertz CT molecular complexity index is 1480. The molecule has 0 bridgehead atoms. The molecule has 2 amide bonds. The van der Waals surface area contributed by atoms with Crippen LogP contribution in [0, 0.1) is 5.92 Å². The van der Waals surface area contributed by atoms with Crippen LogP contribution >= 0.6 is 0 Å². The van der Waals surface area contributed by atoms with E-state index < -0.39 is 6.61 Å². The molecule has 8 nitrogen and oxygen atoms in total. The minimum Gasteiger partial charge on any atom is -0.482 e. The van der Waals surface area contributed by atoms with E-state index in [9.17, 15) is 18.4 Å². The van der Waals surface area contributed by atoms with E-state index in [1.54, 1.807) is 24.1 Å². The second-order valence-electron chi connectivity index (χ2n) is 11.5. The standard InChI is InChI=1S/C34H37F2N3O5/c1-42-17-3-16-38-30-19-26(10-13-31(30)43-21-32(38)40)39(25-8-9-25)33(41)29-20-37-15-14-28(29)24-5-2-4-23(18-24)22-6-11-27(12-7-22)44-34(35)36/h2,4-7,10-13,18-19,25,28-29,34,37H,3,8-9,14-17,20-21H2,1H3/t28-,29+/m1/s1. The van der Waals surface area contributed by atoms with Crippen LogP contribution in [0.2, 0.25) is 0 Å². The van der Waals surface area contributed by atoms with Gasteiger partial charge in [-0.1, -0.05) is 36.4 Å². The van der Waals surface area contributed by atoms with Crippen molar-refractivity contribution in [1.29, 1.82) is 0 Å². The number of alkyl halides is 2. The Hall–Kier alpha value is -4.02. The number of hydrogen-bond acceptors (Lipinski definition) is 6. The summed E-state index contributed by atoms with van der Waals surface area (Å²) in [5, 5.41) is 3.43. The zero-order valence-electron chi connectivity index (χ0n) is 24.7. The van der Waals surface area contributed by atoms with Crippen LogP contribution in [-0.4, -0.2) is 64.4 Å². The van der Waals surface area contributed by atoms with E-state index in [-0.39, 0.29) is 42.0 Å². The van der Waals surface area contributed by atoms with Gasteiger partial charge in [-0.3, -0.25) is 9.59 Å². The van der Waals surface area contributed by atoms with Crippen molar-refractivity contribution >= 4 is 23.2 Å². The third kappa shape index (κ3) is 6.56. The van der Waals surface area contributed by atoms with Crippen molar-refractivity contribution in [3.05, 3.63) is 72.3 Å². The normalized spacial score (nSPS) is 19.8. The molecule has 1 saturated heterocycles. The van der Waals surface area contributed by atoms with Crippen molar-refractivity contribution in [3.63, 3.8) is 0 Å². The fourth-order valence-corrected chi connectivity index (χ4v) is 6.28. The van der Waals surface area contributed by atoms with E-state index >= 15 is 0 Å². The van der Waals surface area contributed by atoms with Crippen LogP contribution in [0.3, 0.4) is 0 Å². The van der Waals surface area contributed by atoms with Crippen LogP contribution in [0.1, 0.15) is 37.2 Å². The average molecular weight is 606 g/mol. The molecule has 3 aromatic rings. The van der Waals surface area contributed by atoms with Crippen LogP contribution in [0.15, 0.2) is 66.7 Å². The number of anilines is 2. The van der Waals surface area contributed by atoms with Gasteiger partial charge in [0.25, 0.3) is 5.91 Å². The first-order valence-corrected chi connectivity index (χ1v) is 15.2. The number of benzene rings is 3. The summed E-state index contributed by atoms with van der Waals surface area (Å²) in [6, 6.07) is 20.5. The van der Waals surface area contributed by atoms with Crippen molar-refractivity contribution in [2.75, 3.05) is 49.8 Å². The van der Waals surface area contributed by atoms with Crippen molar-refractivity contribution in [1.82, 2.24) is 5.32 Å². The minimum atomic E-state index is -2.87. The number of piperidine rings is 1. The number of ether oxygens (including phenoxy) is 3. The van der Waals surface area contributed by atoms with Crippen molar-refractivity contribution < 1.29 is 32.6 Å². The molecule has 0 unspecified atom stereocenters. The SMILES string of the molecule is COCCCN1C(=O)COc2ccc(N(C(=O)[C@H]3CNCC[C@@H]3c3cccc(-c4ccc(OC(F)F)cc4)c3)C3CC3)cc21. The van der Waals surface area contributed by atoms with E-state index in [2.05, 4.69) is 22.2 Å². The smallest absolute Gasteiger partial charge is 0.387 e. The minimum absolute atomic E-state index is 0.000490. The van der Waals surface area contributed by atoms with E-state index in [4.69, 9.17) is 9.47 Å². The third-order valence-electron chi connectivity index (χ3n) is 8.57. The van der Waals surface area contributed by atoms with Gasteiger partial charge in [-0.25, -0.2) is 0 Å². The number of carbonyl (C=O) groups is 2. The van der Waals surface area contributed by atoms with Gasteiger partial charge >= 0.3 is 6.61 Å². The molecule has 2 aliphatic heterocycles. The number of nitrogens with zero attached hydrogens (tertiary/aromatic N) is 2. The van der Waals surface area contributed by atoms with Gasteiger partial charge in [0.2, 0.25) is 5.91 Å². The molecule has 2 atom stereocenters. The molecule has 2 heterocycles. The second kappa shape index (κ2) is 13.3. The van der Waals surface area contributed by atoms with Gasteiger partial charge in [0, 0.05) is 38.5 Å². The maximum atomic E-state index is 14.5. The summed E-state index contributed by atoms with van der Waals surface area (Å²) in [6.45, 7) is -0.459. The number of nitrogens with one attached hydrogen (secondary N) is 1. The van der Waals surface area contributed by atoms with Crippen LogP contribution in [-0.2, 0) is 14.3 Å². The van der Waals surface area contributed by atoms with Crippen molar-refractivity contribution in [3.8, 4) is 22.6 Å². The zero-order chi connectivity index (χ0) is 30.6. The van der Waals surface area contributed by atoms with Gasteiger partial charge in [0.15, 0.2) is 6.61 Å². The first-order chi connectivity index (χ1) is 21.4. The lowest BCUT2D eigenvalue weighted by Gasteiger charge is -2.36. The molecule has 10 heteroatoms. The average Bonchev–Trinajstić information content (AvgIpc) is 3.88. The molecule has 0 aromatic heterocycles. The summed E-state index contributed by atoms with van der Waals surface area (Å²) in [5.74, 6) is 0.421. The van der Waals surface area contributed by atoms with Gasteiger partial charge in [-0.15, -0.1) is 0 Å². The molecule has 44 heavy (non-hydrogen) atoms. The quantitative estimate of drug-likeness (QED) is 0.287. The molecule has 1 aliphatic carbocycles. The Morgan fingerprint density at radius 2 is 1.89 bits per heavy atom. The molecule has 0 spiro atoms. The molecule has 1 saturated carbocycles. The van der Waals surface area contributed by atoms with Gasteiger partial charge in [0.05, 0.1) is 11.6 Å². The second-order valence-corrected chi connectivity index (χ2v) is 11.5. The highest BCUT2D eigenvalue weighted by Gasteiger charge is 2.41. The summed E-state index contributed by atoms with van der Waals surface area (Å²) >= 11 is 0. The largest absolute Gasteiger partial charge is 0.482 e. The van der Waals surface area contributed by atoms with Crippen LogP contribution in [0.25, 0.3) is 11.1 Å². The first kappa shape index (κ1) is 30.0. The number of fused-ring (bicyclic) bond motifs is 1. The molecule has 3 aromatic carbocycles. The summed E-state index contributed by atoms with van der Waals surface area (Å²) in [6.07, 6.45) is 3.36. The lowest BCUT2D eigenvalue weighted by molar-refractivity contribution is -0.123. The maximum Gasteiger partial charge on any atom is 0.387 e. The highest BCUT2D eigenvalue weighted by Crippen LogP contribution is 2.42. The number of amides is 2. The van der Waals surface area contributed by atoms with Crippen molar-refractivity contribution in [2.45, 2.75) is 44.3 Å². The zero-order valence-corrected chi connectivity index (χ0v) is 24.7. The van der Waals surface area contributed by atoms with Crippen LogP contribution in [0.4, 0.5) is 20.2 Å². The Balaban J connectivity index is 1.26. The summed E-state index contributed by atoms with van der Waals surface area (Å²) in [4.78, 5) is 30.9. The number of carbonyl (C=O) groups excluding carboxylic acids is 2. The Morgan fingerprint density at radius 3 is 2.64 bits per heavy atom. The molecule has 2 fully saturated rings. The summed E-state index contributed by atoms with van der Waals surface area (Å²) in [5.41, 5.74) is 4.35. The van der Waals surface area contributed by atoms with Gasteiger partial charge in [-0.2, -0.15) is 8.78 Å². The molecular formula is C34H37F2N3O5. The molecule has 232 valence electrons. The van der Waals surface area contributed by atoms with Crippen LogP contribution < -0.4 is 24.6 Å². The molecule has 6 rings (SSSR count). The van der Waals surface area contributed by atoms with E-state index in [1.165, 1.54) is 12.1 Å². The summed E-state index contributed by atoms with van der Waals surface area (Å²) < 4.78 is 40.6. The predicted octanol–water partition coefficient (Wildman–Crippen LogP) is 5.61. The number of rotatable bonds is 11. The first-order valence-electron chi connectivity index (χ1n) is 15.2. The molecule has 0 radical (unpaired) electrons. The molecule has 1 N–H and O–H groups in total. The van der Waals surface area contributed by atoms with Crippen LogP contribution in [0.5, 0.6) is 11.5 Å². The topological polar surface area (TPSA) is 80.3 Å². The third-order valence-corrected chi connectivity index (χ3v) is 8.57. The number of halogens is 2. The highest BCUT2D eigenvalue weighted by atomic mass is 19.3. The predicted molar refractivity (Wildman–Crippen MR) is 164 cm³/mol. The molecule has 3 aliphatic rings. The maximum absolute atomic E-state index is 14.5. The number of methoxy groups -OCH3 is 1. The van der Waals surface area contributed by atoms with Gasteiger partial charge in [0.1, 0.15) is 11.5 Å². The van der Waals surface area contributed by atoms with Gasteiger partial charge in [-0.05, 0) is 85.2 Å². The Morgan fingerprint density at radius 1 is 1.07 bits per heavy atom. The van der Waals surface area contributed by atoms with E-state index in [0.29, 0.717) is 37.6 Å². The molecular weight excluding hydrogens is 568 g/mol. The highest BCUT2D eigenvalue weighted by molar-refractivity contribution is 6.01. The summed E-state index contributed by atoms with van der Waals surface area (Å²) in [7, 11) is 1.64. The lowest BCUT2D eigenvalue weighted by Crippen LogP contribution is -2.47. The number of hydrogen-bond donors (Lipinski definition) is 1. The van der Waals surface area contributed by atoms with E-state index in [0.717, 1.165) is 48.2 Å².